The van der Waals surface area contributed by atoms with Crippen molar-refractivity contribution in [3.8, 4) is 0 Å². The zero-order valence-corrected chi connectivity index (χ0v) is 5.89. The van der Waals surface area contributed by atoms with Gasteiger partial charge < -0.3 is 6.15 Å². The van der Waals surface area contributed by atoms with E-state index in [0.717, 1.165) is 0 Å². The minimum atomic E-state index is -5.75. The summed E-state index contributed by atoms with van der Waals surface area (Å²) in [6.07, 6.45) is 0. The Kier molecular flexibility index (Phi) is 10.8. The molecule has 5 nitrogen and oxygen atoms in total. The Bertz CT molecular complexity index is 94.9. The molecule has 0 fully saturated rings. The van der Waals surface area contributed by atoms with Crippen LogP contribution in [0.2, 0.25) is 0 Å². The molecule has 48 valence electrons. The Morgan fingerprint density at radius 3 is 1.14 bits per heavy atom. The summed E-state index contributed by atoms with van der Waals surface area (Å²) >= 11 is -5.75. The van der Waals surface area contributed by atoms with Gasteiger partial charge in [-0.2, -0.15) is 0 Å². The van der Waals surface area contributed by atoms with Gasteiger partial charge >= 0.3 is 50.0 Å². The van der Waals surface area contributed by atoms with Crippen LogP contribution in [0.4, 0.5) is 0 Å². The van der Waals surface area contributed by atoms with Crippen molar-refractivity contribution in [1.82, 2.24) is 6.15 Å². The van der Waals surface area contributed by atoms with Gasteiger partial charge in [0, 0.05) is 0 Å². The molecular weight excluding hydrogens is 236 g/mol. The number of rotatable bonds is 0. The van der Waals surface area contributed by atoms with Crippen molar-refractivity contribution in [2.45, 2.75) is 0 Å². The fourth-order valence-corrected chi connectivity index (χ4v) is 0. The van der Waals surface area contributed by atoms with E-state index in [1.54, 1.807) is 0 Å². The molecule has 0 rings (SSSR count). The van der Waals surface area contributed by atoms with E-state index in [-0.39, 0.29) is 26.6 Å². The molecule has 3 N–H and O–H groups in total. The molecule has 0 radical (unpaired) electrons. The topological polar surface area (TPSA) is 115 Å². The largest absolute Gasteiger partial charge is 2.00 e. The van der Waals surface area contributed by atoms with Gasteiger partial charge in [-0.1, -0.05) is 0 Å². The van der Waals surface area contributed by atoms with Crippen LogP contribution < -0.4 is 14.5 Å². The minimum absolute atomic E-state index is 0. The smallest absolute Gasteiger partial charge is 2.00 e. The molecule has 0 aromatic rings. The van der Waals surface area contributed by atoms with E-state index in [9.17, 15) is 0 Å². The Labute approximate surface area is 56.4 Å². The normalized spacial score (nSPS) is 8.29. The van der Waals surface area contributed by atoms with Gasteiger partial charge in [0.05, 0.1) is 0 Å². The molecule has 0 amide bonds. The molecule has 0 aliphatic carbocycles. The molecule has 0 atom stereocenters. The van der Waals surface area contributed by atoms with E-state index >= 15 is 0 Å². The summed E-state index contributed by atoms with van der Waals surface area (Å²) in [5.74, 6) is 0. The molecule has 0 aromatic heterocycles. The first-order valence-electron chi connectivity index (χ1n) is 0.667. The van der Waals surface area contributed by atoms with Crippen molar-refractivity contribution in [3.05, 3.63) is 0 Å². The minimum Gasteiger partial charge on any atom is 2.00 e. The second kappa shape index (κ2) is 4.82. The number of hydrogen-bond donors (Lipinski definition) is 1. The van der Waals surface area contributed by atoms with E-state index in [1.807, 2.05) is 0 Å². The summed E-state index contributed by atoms with van der Waals surface area (Å²) in [5, 5.41) is 0. The van der Waals surface area contributed by atoms with Crippen LogP contribution in [0.15, 0.2) is 0 Å². The van der Waals surface area contributed by atoms with Crippen molar-refractivity contribution in [3.63, 3.8) is 0 Å². The Morgan fingerprint density at radius 2 is 1.14 bits per heavy atom. The van der Waals surface area contributed by atoms with Crippen LogP contribution in [0.5, 0.6) is 0 Å². The van der Waals surface area contributed by atoms with Crippen LogP contribution in [0, 0.1) is 0 Å². The maximum atomic E-state index is 8.59. The SMILES string of the molecule is N.[O]=[Cr](=[O])([O-])[O-].[Pd+2]. The third-order valence-electron chi connectivity index (χ3n) is 0. The maximum Gasteiger partial charge on any atom is 2.00 e. The van der Waals surface area contributed by atoms with Crippen molar-refractivity contribution in [2.75, 3.05) is 0 Å². The standard InChI is InChI=1S/Cr.H3N.4O.Pd/h;1H3;;;;;/q;;;;2*-1;+2. The Hall–Kier alpha value is 0.675. The van der Waals surface area contributed by atoms with Crippen molar-refractivity contribution < 1.29 is 50.0 Å². The van der Waals surface area contributed by atoms with Crippen LogP contribution in [-0.4, -0.2) is 0 Å². The second-order valence-corrected chi connectivity index (χ2v) is 1.68. The van der Waals surface area contributed by atoms with E-state index in [1.165, 1.54) is 0 Å². The summed E-state index contributed by atoms with van der Waals surface area (Å²) in [7, 11) is 0. The molecule has 0 saturated carbocycles. The molecular formula is H3CrNO4Pd. The molecule has 0 heterocycles. The average Bonchev–Trinajstić information content (AvgIpc) is 0.722. The van der Waals surface area contributed by atoms with Crippen LogP contribution in [-0.2, 0) is 41.6 Å². The van der Waals surface area contributed by atoms with E-state index in [4.69, 9.17) is 15.9 Å². The third-order valence-corrected chi connectivity index (χ3v) is 0. The van der Waals surface area contributed by atoms with Crippen molar-refractivity contribution >= 4 is 0 Å². The quantitative estimate of drug-likeness (QED) is 0.471. The average molecular weight is 239 g/mol. The van der Waals surface area contributed by atoms with Gasteiger partial charge in [-0.05, 0) is 0 Å². The van der Waals surface area contributed by atoms with E-state index in [0.29, 0.717) is 0 Å². The zero-order chi connectivity index (χ0) is 4.50. The molecule has 7 heteroatoms. The molecule has 0 unspecified atom stereocenters. The van der Waals surface area contributed by atoms with E-state index < -0.39 is 13.6 Å². The van der Waals surface area contributed by atoms with Gasteiger partial charge in [-0.15, -0.1) is 0 Å². The van der Waals surface area contributed by atoms with Gasteiger partial charge in [0.2, 0.25) is 0 Å². The summed E-state index contributed by atoms with van der Waals surface area (Å²) in [4.78, 5) is 0. The van der Waals surface area contributed by atoms with Gasteiger partial charge in [0.15, 0.2) is 0 Å². The van der Waals surface area contributed by atoms with Gasteiger partial charge in [0.25, 0.3) is 0 Å². The van der Waals surface area contributed by atoms with Gasteiger partial charge in [0.1, 0.15) is 0 Å². The molecule has 7 heavy (non-hydrogen) atoms. The predicted molar refractivity (Wildman–Crippen MR) is 6.40 cm³/mol. The van der Waals surface area contributed by atoms with E-state index in [2.05, 4.69) is 0 Å². The molecule has 0 aliphatic rings. The summed E-state index contributed by atoms with van der Waals surface area (Å²) < 4.78 is 34.4. The number of hydrogen-bond acceptors (Lipinski definition) is 5. The molecule has 0 aliphatic heterocycles. The summed E-state index contributed by atoms with van der Waals surface area (Å²) in [6, 6.07) is 0. The maximum absolute atomic E-state index is 8.59. The van der Waals surface area contributed by atoms with Gasteiger partial charge in [-0.25, -0.2) is 0 Å². The zero-order valence-electron chi connectivity index (χ0n) is 3.06. The fraction of sp³-hybridized carbons (Fsp3) is 0. The predicted octanol–water partition coefficient (Wildman–Crippen LogP) is -2.46. The first kappa shape index (κ1) is 15.6. The van der Waals surface area contributed by atoms with Crippen molar-refractivity contribution in [1.29, 1.82) is 0 Å². The molecule has 0 bridgehead atoms. The Morgan fingerprint density at radius 1 is 1.14 bits per heavy atom. The Balaban J connectivity index is -0.0000000800. The first-order chi connectivity index (χ1) is 2.00. The van der Waals surface area contributed by atoms with Crippen LogP contribution in [0.3, 0.4) is 0 Å². The fourth-order valence-electron chi connectivity index (χ4n) is 0. The van der Waals surface area contributed by atoms with Crippen molar-refractivity contribution in [2.24, 2.45) is 0 Å². The second-order valence-electron chi connectivity index (χ2n) is 0.408. The summed E-state index contributed by atoms with van der Waals surface area (Å²) in [5.41, 5.74) is 0. The monoisotopic (exact) mass is 239 g/mol. The van der Waals surface area contributed by atoms with Gasteiger partial charge in [-0.3, -0.25) is 0 Å². The molecule has 0 aromatic carbocycles. The van der Waals surface area contributed by atoms with Crippen LogP contribution in [0.1, 0.15) is 0 Å². The third kappa shape index (κ3) is 320. The first-order valence-corrected chi connectivity index (χ1v) is 2.75. The molecule has 0 saturated heterocycles. The summed E-state index contributed by atoms with van der Waals surface area (Å²) in [6.45, 7) is 0. The van der Waals surface area contributed by atoms with Crippen LogP contribution >= 0.6 is 0 Å². The molecule has 0 spiro atoms. The van der Waals surface area contributed by atoms with Crippen LogP contribution in [0.25, 0.3) is 0 Å².